The van der Waals surface area contributed by atoms with Gasteiger partial charge in [-0.05, 0) is 18.4 Å². The number of rotatable bonds is 0. The molecule has 2 heterocycles. The summed E-state index contributed by atoms with van der Waals surface area (Å²) in [7, 11) is 0. The van der Waals surface area contributed by atoms with Crippen molar-refractivity contribution in [2.24, 2.45) is 10.1 Å². The molecule has 0 saturated heterocycles. The highest BCUT2D eigenvalue weighted by Crippen LogP contribution is 2.14. The van der Waals surface area contributed by atoms with Crippen molar-refractivity contribution >= 4 is 12.1 Å². The van der Waals surface area contributed by atoms with Gasteiger partial charge < -0.3 is 0 Å². The first-order chi connectivity index (χ1) is 4.88. The lowest BCUT2D eigenvalue weighted by Gasteiger charge is -2.08. The average Bonchev–Trinajstić information content (AvgIpc) is 2.36. The van der Waals surface area contributed by atoms with Gasteiger partial charge in [0.25, 0.3) is 0 Å². The predicted molar refractivity (Wildman–Crippen MR) is 40.1 cm³/mol. The van der Waals surface area contributed by atoms with Crippen molar-refractivity contribution in [3.63, 3.8) is 0 Å². The van der Waals surface area contributed by atoms with E-state index in [0.717, 1.165) is 5.57 Å². The second-order valence-corrected chi connectivity index (χ2v) is 2.33. The fourth-order valence-electron chi connectivity index (χ4n) is 1.03. The van der Waals surface area contributed by atoms with Gasteiger partial charge in [-0.2, -0.15) is 5.10 Å². The summed E-state index contributed by atoms with van der Waals surface area (Å²) >= 11 is 0. The number of hydrogen-bond donors (Lipinski definition) is 1. The molecular weight excluding hydrogens is 126 g/mol. The third-order valence-corrected chi connectivity index (χ3v) is 1.64. The second-order valence-electron chi connectivity index (χ2n) is 2.33. The van der Waals surface area contributed by atoms with Gasteiger partial charge in [-0.3, -0.25) is 5.43 Å². The van der Waals surface area contributed by atoms with Crippen LogP contribution in [0, 0.1) is 0 Å². The molecule has 3 heteroatoms. The summed E-state index contributed by atoms with van der Waals surface area (Å²) < 4.78 is 0. The Kier molecular flexibility index (Phi) is 0.992. The van der Waals surface area contributed by atoms with E-state index >= 15 is 0 Å². The van der Waals surface area contributed by atoms with E-state index in [4.69, 9.17) is 0 Å². The number of fused-ring (bicyclic) bond motifs is 1. The van der Waals surface area contributed by atoms with E-state index in [1.807, 2.05) is 13.0 Å². The molecule has 2 rings (SSSR count). The smallest absolute Gasteiger partial charge is 0.170 e. The molecule has 3 nitrogen and oxygen atoms in total. The first-order valence-corrected chi connectivity index (χ1v) is 3.16. The van der Waals surface area contributed by atoms with Gasteiger partial charge in [0.05, 0.1) is 6.21 Å². The summed E-state index contributed by atoms with van der Waals surface area (Å²) in [6.07, 6.45) is 3.70. The minimum atomic E-state index is 0.0324. The van der Waals surface area contributed by atoms with Crippen LogP contribution in [-0.2, 0) is 0 Å². The maximum atomic E-state index is 4.04. The predicted octanol–water partition coefficient (Wildman–Crippen LogP) is 0.458. The highest BCUT2D eigenvalue weighted by atomic mass is 15.4. The molecule has 50 valence electrons. The van der Waals surface area contributed by atoms with E-state index in [1.54, 1.807) is 6.21 Å². The van der Waals surface area contributed by atoms with Gasteiger partial charge in [-0.1, -0.05) is 0 Å². The van der Waals surface area contributed by atoms with Crippen molar-refractivity contribution in [1.29, 1.82) is 0 Å². The standard InChI is InChI=1S/C7H7N3/c1-5-2-3-8-7-6(5)4-9-10-7/h2,4,7,10H,1H3. The summed E-state index contributed by atoms with van der Waals surface area (Å²) in [4.78, 5) is 4.04. The zero-order chi connectivity index (χ0) is 6.97. The Labute approximate surface area is 58.8 Å². The fraction of sp³-hybridized carbons (Fsp3) is 0.286. The molecule has 2 aliphatic rings. The Bertz CT molecular complexity index is 279. The Morgan fingerprint density at radius 1 is 1.70 bits per heavy atom. The quantitative estimate of drug-likeness (QED) is 0.512. The minimum absolute atomic E-state index is 0.0324. The zero-order valence-corrected chi connectivity index (χ0v) is 5.63. The van der Waals surface area contributed by atoms with E-state index in [-0.39, 0.29) is 6.17 Å². The zero-order valence-electron chi connectivity index (χ0n) is 5.63. The molecule has 1 unspecified atom stereocenters. The maximum Gasteiger partial charge on any atom is 0.170 e. The number of allylic oxidation sites excluding steroid dienone is 2. The highest BCUT2D eigenvalue weighted by Gasteiger charge is 2.18. The van der Waals surface area contributed by atoms with E-state index in [0.29, 0.717) is 0 Å². The molecule has 2 aliphatic heterocycles. The Balaban J connectivity index is 2.51. The Hall–Kier alpha value is -1.34. The van der Waals surface area contributed by atoms with Gasteiger partial charge in [0.15, 0.2) is 6.17 Å². The normalized spacial score (nSPS) is 27.1. The average molecular weight is 133 g/mol. The van der Waals surface area contributed by atoms with Gasteiger partial charge in [0, 0.05) is 11.6 Å². The van der Waals surface area contributed by atoms with Crippen LogP contribution >= 0.6 is 0 Å². The fourth-order valence-corrected chi connectivity index (χ4v) is 1.03. The van der Waals surface area contributed by atoms with Crippen LogP contribution in [0.1, 0.15) is 6.92 Å². The van der Waals surface area contributed by atoms with Crippen molar-refractivity contribution in [2.45, 2.75) is 13.1 Å². The van der Waals surface area contributed by atoms with Crippen molar-refractivity contribution in [1.82, 2.24) is 5.43 Å². The van der Waals surface area contributed by atoms with Crippen LogP contribution in [0.15, 0.2) is 27.3 Å². The molecule has 0 aliphatic carbocycles. The monoisotopic (exact) mass is 133 g/mol. The van der Waals surface area contributed by atoms with E-state index in [1.165, 1.54) is 5.57 Å². The second kappa shape index (κ2) is 1.82. The molecule has 0 radical (unpaired) electrons. The third-order valence-electron chi connectivity index (χ3n) is 1.64. The van der Waals surface area contributed by atoms with E-state index < -0.39 is 0 Å². The molecule has 0 fully saturated rings. The molecule has 0 spiro atoms. The lowest BCUT2D eigenvalue weighted by molar-refractivity contribution is 0.666. The van der Waals surface area contributed by atoms with Crippen molar-refractivity contribution in [2.75, 3.05) is 0 Å². The van der Waals surface area contributed by atoms with Crippen LogP contribution < -0.4 is 5.43 Å². The maximum absolute atomic E-state index is 4.04. The summed E-state index contributed by atoms with van der Waals surface area (Å²) in [6.45, 7) is 2.03. The topological polar surface area (TPSA) is 36.8 Å². The lowest BCUT2D eigenvalue weighted by atomic mass is 10.1. The number of hydrogen-bond acceptors (Lipinski definition) is 3. The van der Waals surface area contributed by atoms with Gasteiger partial charge in [0.1, 0.15) is 0 Å². The molecule has 0 amide bonds. The molecule has 1 N–H and O–H groups in total. The first kappa shape index (κ1) is 5.45. The molecule has 0 saturated carbocycles. The largest absolute Gasteiger partial charge is 0.281 e. The minimum Gasteiger partial charge on any atom is -0.281 e. The molecule has 0 aromatic rings. The molecule has 0 aromatic carbocycles. The van der Waals surface area contributed by atoms with Crippen molar-refractivity contribution in [3.05, 3.63) is 17.2 Å². The summed E-state index contributed by atoms with van der Waals surface area (Å²) in [5.74, 6) is 2.81. The van der Waals surface area contributed by atoms with Crippen LogP contribution in [0.2, 0.25) is 0 Å². The molecule has 10 heavy (non-hydrogen) atoms. The third kappa shape index (κ3) is 0.613. The van der Waals surface area contributed by atoms with Crippen LogP contribution in [0.25, 0.3) is 0 Å². The Morgan fingerprint density at radius 3 is 3.40 bits per heavy atom. The number of aliphatic imine (C=N–C) groups is 1. The van der Waals surface area contributed by atoms with Crippen LogP contribution in [0.4, 0.5) is 0 Å². The van der Waals surface area contributed by atoms with Crippen LogP contribution in [-0.4, -0.2) is 18.3 Å². The number of nitrogens with one attached hydrogen (secondary N) is 1. The summed E-state index contributed by atoms with van der Waals surface area (Å²) in [5, 5.41) is 3.89. The lowest BCUT2D eigenvalue weighted by Crippen LogP contribution is -2.20. The van der Waals surface area contributed by atoms with E-state index in [2.05, 4.69) is 21.4 Å². The van der Waals surface area contributed by atoms with E-state index in [9.17, 15) is 0 Å². The van der Waals surface area contributed by atoms with Crippen LogP contribution in [0.3, 0.4) is 0 Å². The summed E-state index contributed by atoms with van der Waals surface area (Å²) in [5.41, 5.74) is 5.19. The van der Waals surface area contributed by atoms with Gasteiger partial charge >= 0.3 is 0 Å². The Morgan fingerprint density at radius 2 is 2.60 bits per heavy atom. The highest BCUT2D eigenvalue weighted by molar-refractivity contribution is 5.86. The van der Waals surface area contributed by atoms with Gasteiger partial charge in [-0.15, -0.1) is 0 Å². The number of nitrogens with zero attached hydrogens (tertiary/aromatic N) is 2. The molecule has 0 aromatic heterocycles. The summed E-state index contributed by atoms with van der Waals surface area (Å²) in [6, 6.07) is 0. The first-order valence-electron chi connectivity index (χ1n) is 3.16. The molecule has 1 atom stereocenters. The SMILES string of the molecule is CC1=C2C=NNC2N=C=C1. The van der Waals surface area contributed by atoms with Crippen molar-refractivity contribution < 1.29 is 0 Å². The van der Waals surface area contributed by atoms with Crippen LogP contribution in [0.5, 0.6) is 0 Å². The van der Waals surface area contributed by atoms with Gasteiger partial charge in [-0.25, -0.2) is 4.99 Å². The number of hydrazone groups is 1. The molecular formula is C7H7N3. The van der Waals surface area contributed by atoms with Gasteiger partial charge in [0.2, 0.25) is 0 Å². The van der Waals surface area contributed by atoms with Crippen molar-refractivity contribution in [3.8, 4) is 0 Å². The molecule has 0 bridgehead atoms.